The Hall–Kier alpha value is -0.570. The Labute approximate surface area is 106 Å². The number of hydrogen-bond donors (Lipinski definition) is 2. The Morgan fingerprint density at radius 2 is 2.12 bits per heavy atom. The molecule has 0 aliphatic carbocycles. The van der Waals surface area contributed by atoms with Gasteiger partial charge in [0.1, 0.15) is 0 Å². The molecule has 0 spiro atoms. The van der Waals surface area contributed by atoms with Gasteiger partial charge >= 0.3 is 0 Å². The van der Waals surface area contributed by atoms with E-state index in [0.717, 1.165) is 13.0 Å². The third-order valence-electron chi connectivity index (χ3n) is 3.51. The highest BCUT2D eigenvalue weighted by atomic mass is 16.1. The molecule has 1 heterocycles. The molecule has 0 bridgehead atoms. The highest BCUT2D eigenvalue weighted by Gasteiger charge is 2.17. The Morgan fingerprint density at radius 3 is 2.82 bits per heavy atom. The normalized spacial score (nSPS) is 24.6. The lowest BCUT2D eigenvalue weighted by Gasteiger charge is -2.28. The molecule has 100 valence electrons. The summed E-state index contributed by atoms with van der Waals surface area (Å²) in [7, 11) is 0. The van der Waals surface area contributed by atoms with Crippen LogP contribution in [0, 0.1) is 0 Å². The summed E-state index contributed by atoms with van der Waals surface area (Å²) in [6.07, 6.45) is 9.13. The van der Waals surface area contributed by atoms with E-state index in [-0.39, 0.29) is 5.91 Å². The summed E-state index contributed by atoms with van der Waals surface area (Å²) in [4.78, 5) is 11.6. The van der Waals surface area contributed by atoms with Crippen molar-refractivity contribution in [3.05, 3.63) is 0 Å². The van der Waals surface area contributed by atoms with Crippen molar-refractivity contribution in [1.29, 1.82) is 0 Å². The molecule has 1 amide bonds. The van der Waals surface area contributed by atoms with E-state index in [0.29, 0.717) is 18.5 Å². The van der Waals surface area contributed by atoms with Gasteiger partial charge in [0.05, 0.1) is 0 Å². The fourth-order valence-corrected chi connectivity index (χ4v) is 2.44. The lowest BCUT2D eigenvalue weighted by Crippen LogP contribution is -2.47. The van der Waals surface area contributed by atoms with Crippen molar-refractivity contribution in [2.75, 3.05) is 6.54 Å². The second-order valence-electron chi connectivity index (χ2n) is 5.31. The van der Waals surface area contributed by atoms with E-state index in [1.807, 2.05) is 0 Å². The lowest BCUT2D eigenvalue weighted by atomic mass is 9.99. The second-order valence-corrected chi connectivity index (χ2v) is 5.31. The first-order chi connectivity index (χ1) is 8.22. The largest absolute Gasteiger partial charge is 0.355 e. The van der Waals surface area contributed by atoms with E-state index in [2.05, 4.69) is 24.5 Å². The molecule has 1 aliphatic heterocycles. The Balaban J connectivity index is 2.02. The molecule has 1 fully saturated rings. The first-order valence-electron chi connectivity index (χ1n) is 7.25. The molecule has 0 aromatic heterocycles. The van der Waals surface area contributed by atoms with E-state index >= 15 is 0 Å². The zero-order valence-corrected chi connectivity index (χ0v) is 11.4. The van der Waals surface area contributed by atoms with Gasteiger partial charge in [0.2, 0.25) is 5.91 Å². The highest BCUT2D eigenvalue weighted by molar-refractivity contribution is 5.75. The van der Waals surface area contributed by atoms with Crippen molar-refractivity contribution in [2.24, 2.45) is 0 Å². The molecular formula is C14H28N2O. The van der Waals surface area contributed by atoms with Crippen LogP contribution in [0.25, 0.3) is 0 Å². The molecule has 0 aromatic rings. The molecule has 1 rings (SSSR count). The van der Waals surface area contributed by atoms with E-state index in [1.165, 1.54) is 38.5 Å². The van der Waals surface area contributed by atoms with Gasteiger partial charge in [0.15, 0.2) is 0 Å². The molecule has 2 unspecified atom stereocenters. The quantitative estimate of drug-likeness (QED) is 0.672. The molecule has 3 nitrogen and oxygen atoms in total. The van der Waals surface area contributed by atoms with Gasteiger partial charge in [-0.25, -0.2) is 0 Å². The van der Waals surface area contributed by atoms with Gasteiger partial charge in [-0.05, 0) is 26.2 Å². The summed E-state index contributed by atoms with van der Waals surface area (Å²) in [5.41, 5.74) is 0. The Kier molecular flexibility index (Phi) is 7.25. The second kappa shape index (κ2) is 8.51. The van der Waals surface area contributed by atoms with Crippen LogP contribution in [0.15, 0.2) is 0 Å². The van der Waals surface area contributed by atoms with Crippen LogP contribution in [0.4, 0.5) is 0 Å². The Morgan fingerprint density at radius 1 is 1.29 bits per heavy atom. The number of hydrogen-bond acceptors (Lipinski definition) is 2. The number of unbranched alkanes of at least 4 members (excludes halogenated alkanes) is 3. The van der Waals surface area contributed by atoms with Crippen LogP contribution in [0.5, 0.6) is 0 Å². The maximum absolute atomic E-state index is 11.6. The molecular weight excluding hydrogens is 212 g/mol. The van der Waals surface area contributed by atoms with E-state index in [9.17, 15) is 4.79 Å². The SMILES string of the molecule is CCCCCCC(=O)NCC1CCCC(C)N1. The number of amides is 1. The van der Waals surface area contributed by atoms with Gasteiger partial charge in [-0.1, -0.05) is 32.6 Å². The van der Waals surface area contributed by atoms with E-state index in [4.69, 9.17) is 0 Å². The fourth-order valence-electron chi connectivity index (χ4n) is 2.44. The number of rotatable bonds is 7. The van der Waals surface area contributed by atoms with Crippen LogP contribution in [0.3, 0.4) is 0 Å². The van der Waals surface area contributed by atoms with Crippen molar-refractivity contribution in [3.63, 3.8) is 0 Å². The summed E-state index contributed by atoms with van der Waals surface area (Å²) in [6, 6.07) is 1.09. The average Bonchev–Trinajstić information content (AvgIpc) is 2.32. The molecule has 1 saturated heterocycles. The summed E-state index contributed by atoms with van der Waals surface area (Å²) in [6.45, 7) is 5.21. The average molecular weight is 240 g/mol. The van der Waals surface area contributed by atoms with Gasteiger partial charge in [-0.15, -0.1) is 0 Å². The molecule has 2 atom stereocenters. The number of piperidine rings is 1. The molecule has 17 heavy (non-hydrogen) atoms. The van der Waals surface area contributed by atoms with Gasteiger partial charge in [0.25, 0.3) is 0 Å². The van der Waals surface area contributed by atoms with E-state index in [1.54, 1.807) is 0 Å². The minimum absolute atomic E-state index is 0.223. The van der Waals surface area contributed by atoms with Gasteiger partial charge < -0.3 is 10.6 Å². The van der Waals surface area contributed by atoms with Crippen molar-refractivity contribution >= 4 is 5.91 Å². The van der Waals surface area contributed by atoms with Crippen molar-refractivity contribution in [3.8, 4) is 0 Å². The van der Waals surface area contributed by atoms with Gasteiger partial charge in [0, 0.05) is 25.0 Å². The van der Waals surface area contributed by atoms with Gasteiger partial charge in [-0.2, -0.15) is 0 Å². The van der Waals surface area contributed by atoms with Crippen LogP contribution in [-0.2, 0) is 4.79 Å². The summed E-state index contributed by atoms with van der Waals surface area (Å²) in [5.74, 6) is 0.223. The summed E-state index contributed by atoms with van der Waals surface area (Å²) in [5, 5.41) is 6.58. The highest BCUT2D eigenvalue weighted by Crippen LogP contribution is 2.11. The first kappa shape index (κ1) is 14.5. The topological polar surface area (TPSA) is 41.1 Å². The smallest absolute Gasteiger partial charge is 0.220 e. The minimum Gasteiger partial charge on any atom is -0.355 e. The monoisotopic (exact) mass is 240 g/mol. The molecule has 0 saturated carbocycles. The Bertz CT molecular complexity index is 218. The third kappa shape index (κ3) is 6.67. The summed E-state index contributed by atoms with van der Waals surface area (Å²) < 4.78 is 0. The standard InChI is InChI=1S/C14H28N2O/c1-3-4-5-6-10-14(17)15-11-13-9-7-8-12(2)16-13/h12-13,16H,3-11H2,1-2H3,(H,15,17). The first-order valence-corrected chi connectivity index (χ1v) is 7.25. The zero-order chi connectivity index (χ0) is 12.5. The fraction of sp³-hybridized carbons (Fsp3) is 0.929. The van der Waals surface area contributed by atoms with Crippen LogP contribution in [-0.4, -0.2) is 24.5 Å². The van der Waals surface area contributed by atoms with Crippen LogP contribution in [0.1, 0.15) is 65.2 Å². The maximum atomic E-state index is 11.6. The van der Waals surface area contributed by atoms with E-state index < -0.39 is 0 Å². The van der Waals surface area contributed by atoms with Crippen LogP contribution >= 0.6 is 0 Å². The molecule has 2 N–H and O–H groups in total. The third-order valence-corrected chi connectivity index (χ3v) is 3.51. The number of nitrogens with one attached hydrogen (secondary N) is 2. The minimum atomic E-state index is 0.223. The molecule has 0 radical (unpaired) electrons. The zero-order valence-electron chi connectivity index (χ0n) is 11.4. The van der Waals surface area contributed by atoms with Crippen molar-refractivity contribution < 1.29 is 4.79 Å². The van der Waals surface area contributed by atoms with Crippen molar-refractivity contribution in [1.82, 2.24) is 10.6 Å². The molecule has 3 heteroatoms. The molecule has 0 aromatic carbocycles. The summed E-state index contributed by atoms with van der Waals surface area (Å²) >= 11 is 0. The predicted molar refractivity (Wildman–Crippen MR) is 72.0 cm³/mol. The number of carbonyl (C=O) groups is 1. The molecule has 1 aliphatic rings. The maximum Gasteiger partial charge on any atom is 0.220 e. The van der Waals surface area contributed by atoms with Crippen LogP contribution in [0.2, 0.25) is 0 Å². The number of carbonyl (C=O) groups excluding carboxylic acids is 1. The lowest BCUT2D eigenvalue weighted by molar-refractivity contribution is -0.121. The predicted octanol–water partition coefficient (Wildman–Crippen LogP) is 2.60. The van der Waals surface area contributed by atoms with Crippen LogP contribution < -0.4 is 10.6 Å². The van der Waals surface area contributed by atoms with Crippen molar-refractivity contribution in [2.45, 2.75) is 77.3 Å². The van der Waals surface area contributed by atoms with Gasteiger partial charge in [-0.3, -0.25) is 4.79 Å².